The molecule has 0 amide bonds. The lowest BCUT2D eigenvalue weighted by molar-refractivity contribution is 0.0474. The van der Waals surface area contributed by atoms with Gasteiger partial charge < -0.3 is 14.2 Å². The summed E-state index contributed by atoms with van der Waals surface area (Å²) in [6, 6.07) is 4.71. The van der Waals surface area contributed by atoms with Crippen molar-refractivity contribution in [3.63, 3.8) is 0 Å². The Morgan fingerprint density at radius 3 is 2.48 bits per heavy atom. The number of halogens is 1. The normalized spacial score (nSPS) is 10.4. The maximum atomic E-state index is 12.2. The third-order valence-corrected chi connectivity index (χ3v) is 4.68. The average Bonchev–Trinajstić information content (AvgIpc) is 2.92. The van der Waals surface area contributed by atoms with Gasteiger partial charge in [-0.1, -0.05) is 11.6 Å². The highest BCUT2D eigenvalue weighted by Gasteiger charge is 2.19. The van der Waals surface area contributed by atoms with Crippen molar-refractivity contribution < 1.29 is 23.8 Å². The Kier molecular flexibility index (Phi) is 6.45. The number of hydrogen-bond acceptors (Lipinski definition) is 6. The number of benzene rings is 1. The third-order valence-electron chi connectivity index (χ3n) is 3.43. The molecule has 5 nitrogen and oxygen atoms in total. The minimum atomic E-state index is -0.652. The van der Waals surface area contributed by atoms with Crippen molar-refractivity contribution in [1.82, 2.24) is 0 Å². The monoisotopic (exact) mass is 382 g/mol. The number of carbonyl (C=O) groups excluding carboxylic acids is 2. The van der Waals surface area contributed by atoms with Crippen LogP contribution in [0.3, 0.4) is 0 Å². The molecule has 0 aliphatic heterocycles. The highest BCUT2D eigenvalue weighted by molar-refractivity contribution is 7.12. The van der Waals surface area contributed by atoms with Gasteiger partial charge in [0.1, 0.15) is 0 Å². The van der Waals surface area contributed by atoms with Gasteiger partial charge in [0.15, 0.2) is 18.1 Å². The maximum absolute atomic E-state index is 12.2. The van der Waals surface area contributed by atoms with Crippen LogP contribution >= 0.6 is 22.9 Å². The van der Waals surface area contributed by atoms with E-state index in [4.69, 9.17) is 25.8 Å². The molecule has 25 heavy (non-hydrogen) atoms. The zero-order valence-electron chi connectivity index (χ0n) is 14.5. The van der Waals surface area contributed by atoms with Gasteiger partial charge in [-0.3, -0.25) is 4.79 Å². The lowest BCUT2D eigenvalue weighted by Gasteiger charge is -2.12. The van der Waals surface area contributed by atoms with Crippen molar-refractivity contribution in [1.29, 1.82) is 0 Å². The van der Waals surface area contributed by atoms with E-state index in [1.54, 1.807) is 6.07 Å². The zero-order valence-corrected chi connectivity index (χ0v) is 16.0. The Bertz CT molecular complexity index is 797. The van der Waals surface area contributed by atoms with Gasteiger partial charge in [-0.25, -0.2) is 4.79 Å². The molecule has 0 saturated heterocycles. The van der Waals surface area contributed by atoms with Crippen LogP contribution < -0.4 is 9.47 Å². The molecule has 1 aromatic carbocycles. The number of rotatable bonds is 7. The minimum absolute atomic E-state index is 0.191. The summed E-state index contributed by atoms with van der Waals surface area (Å²) in [5, 5.41) is 0.240. The smallest absolute Gasteiger partial charge is 0.338 e. The minimum Gasteiger partial charge on any atom is -0.493 e. The number of methoxy groups -OCH3 is 1. The van der Waals surface area contributed by atoms with E-state index in [9.17, 15) is 9.59 Å². The predicted octanol–water partition coefficient (Wildman–Crippen LogP) is 4.47. The number of ether oxygens (including phenoxy) is 3. The summed E-state index contributed by atoms with van der Waals surface area (Å²) >= 11 is 7.67. The van der Waals surface area contributed by atoms with E-state index < -0.39 is 5.97 Å². The molecule has 0 N–H and O–H groups in total. The second kappa shape index (κ2) is 8.36. The highest BCUT2D eigenvalue weighted by Crippen LogP contribution is 2.36. The van der Waals surface area contributed by atoms with E-state index in [0.29, 0.717) is 23.7 Å². The molecule has 0 aliphatic rings. The van der Waals surface area contributed by atoms with Gasteiger partial charge in [0.2, 0.25) is 5.78 Å². The number of carbonyl (C=O) groups is 2. The molecule has 0 fully saturated rings. The molecule has 2 aromatic rings. The Labute approximate surface area is 155 Å². The molecule has 0 spiro atoms. The van der Waals surface area contributed by atoms with E-state index in [2.05, 4.69) is 0 Å². The van der Waals surface area contributed by atoms with Crippen molar-refractivity contribution in [2.75, 3.05) is 20.3 Å². The number of thiophene rings is 1. The van der Waals surface area contributed by atoms with E-state index >= 15 is 0 Å². The number of ketones is 1. The molecule has 0 atom stereocenters. The first-order valence-corrected chi connectivity index (χ1v) is 8.84. The van der Waals surface area contributed by atoms with Gasteiger partial charge in [0.05, 0.1) is 24.3 Å². The predicted molar refractivity (Wildman–Crippen MR) is 97.6 cm³/mol. The lowest BCUT2D eigenvalue weighted by atomic mass is 10.1. The van der Waals surface area contributed by atoms with Crippen LogP contribution in [0.25, 0.3) is 0 Å². The van der Waals surface area contributed by atoms with Crippen molar-refractivity contribution in [3.05, 3.63) is 44.1 Å². The van der Waals surface area contributed by atoms with Crippen LogP contribution in [0, 0.1) is 13.8 Å². The van der Waals surface area contributed by atoms with Gasteiger partial charge >= 0.3 is 5.97 Å². The van der Waals surface area contributed by atoms with Crippen molar-refractivity contribution in [3.8, 4) is 11.5 Å². The fourth-order valence-corrected chi connectivity index (χ4v) is 3.53. The lowest BCUT2D eigenvalue weighted by Crippen LogP contribution is -2.14. The number of esters is 1. The molecular formula is C18H19ClO5S. The topological polar surface area (TPSA) is 61.8 Å². The first-order chi connectivity index (χ1) is 11.9. The fraction of sp³-hybridized carbons (Fsp3) is 0.333. The van der Waals surface area contributed by atoms with Crippen molar-refractivity contribution in [2.24, 2.45) is 0 Å². The molecule has 0 saturated carbocycles. The quantitative estimate of drug-likeness (QED) is 0.522. The number of aryl methyl sites for hydroxylation is 2. The summed E-state index contributed by atoms with van der Waals surface area (Å²) < 4.78 is 15.7. The number of hydrogen-bond donors (Lipinski definition) is 0. The van der Waals surface area contributed by atoms with E-state index in [1.165, 1.54) is 30.6 Å². The molecule has 0 bridgehead atoms. The van der Waals surface area contributed by atoms with Gasteiger partial charge in [0.25, 0.3) is 0 Å². The molecule has 0 radical (unpaired) electrons. The second-order valence-electron chi connectivity index (χ2n) is 5.25. The Morgan fingerprint density at radius 1 is 1.20 bits per heavy atom. The Morgan fingerprint density at radius 2 is 1.92 bits per heavy atom. The standard InChI is InChI=1S/C18H19ClO5S/c1-5-23-17-14(19)7-12(8-16(17)22-4)18(21)24-9-15(20)13-6-10(2)25-11(13)3/h6-8H,5,9H2,1-4H3. The molecule has 7 heteroatoms. The molecule has 1 heterocycles. The van der Waals surface area contributed by atoms with Crippen LogP contribution in [0.4, 0.5) is 0 Å². The summed E-state index contributed by atoms with van der Waals surface area (Å²) in [6.07, 6.45) is 0. The van der Waals surface area contributed by atoms with Gasteiger partial charge in [0, 0.05) is 15.3 Å². The molecule has 1 aromatic heterocycles. The van der Waals surface area contributed by atoms with Crippen molar-refractivity contribution >= 4 is 34.7 Å². The molecular weight excluding hydrogens is 364 g/mol. The molecule has 0 aliphatic carbocycles. The number of Topliss-reactive ketones (excluding diaryl/α,β-unsaturated/α-hetero) is 1. The summed E-state index contributed by atoms with van der Waals surface area (Å²) in [5.74, 6) is -0.194. The SMILES string of the molecule is CCOc1c(Cl)cc(C(=O)OCC(=O)c2cc(C)sc2C)cc1OC. The average molecular weight is 383 g/mol. The molecule has 2 rings (SSSR count). The van der Waals surface area contributed by atoms with Crippen LogP contribution in [0.15, 0.2) is 18.2 Å². The highest BCUT2D eigenvalue weighted by atomic mass is 35.5. The van der Waals surface area contributed by atoms with Gasteiger partial charge in [-0.05, 0) is 39.0 Å². The van der Waals surface area contributed by atoms with Crippen LogP contribution in [-0.2, 0) is 4.74 Å². The molecule has 0 unspecified atom stereocenters. The van der Waals surface area contributed by atoms with Crippen LogP contribution in [0.2, 0.25) is 5.02 Å². The maximum Gasteiger partial charge on any atom is 0.338 e. The first kappa shape index (κ1) is 19.3. The second-order valence-corrected chi connectivity index (χ2v) is 7.12. The summed E-state index contributed by atoms with van der Waals surface area (Å²) in [7, 11) is 1.45. The molecule has 134 valence electrons. The van der Waals surface area contributed by atoms with Crippen LogP contribution in [-0.4, -0.2) is 32.1 Å². The Balaban J connectivity index is 2.12. The zero-order chi connectivity index (χ0) is 18.6. The summed E-state index contributed by atoms with van der Waals surface area (Å²) in [5.41, 5.74) is 0.772. The first-order valence-electron chi connectivity index (χ1n) is 7.65. The largest absolute Gasteiger partial charge is 0.493 e. The fourth-order valence-electron chi connectivity index (χ4n) is 2.32. The van der Waals surface area contributed by atoms with E-state index in [0.717, 1.165) is 9.75 Å². The third kappa shape index (κ3) is 4.52. The van der Waals surface area contributed by atoms with Gasteiger partial charge in [-0.15, -0.1) is 11.3 Å². The van der Waals surface area contributed by atoms with Gasteiger partial charge in [-0.2, -0.15) is 0 Å². The van der Waals surface area contributed by atoms with Crippen molar-refractivity contribution in [2.45, 2.75) is 20.8 Å². The summed E-state index contributed by atoms with van der Waals surface area (Å²) in [4.78, 5) is 26.4. The van der Waals surface area contributed by atoms with Crippen LogP contribution in [0.5, 0.6) is 11.5 Å². The Hall–Kier alpha value is -2.05. The van der Waals surface area contributed by atoms with E-state index in [-0.39, 0.29) is 23.0 Å². The summed E-state index contributed by atoms with van der Waals surface area (Å²) in [6.45, 7) is 5.69. The van der Waals surface area contributed by atoms with Crippen LogP contribution in [0.1, 0.15) is 37.4 Å². The van der Waals surface area contributed by atoms with E-state index in [1.807, 2.05) is 20.8 Å².